The Labute approximate surface area is 196 Å². The zero-order valence-electron chi connectivity index (χ0n) is 18.3. The molecule has 1 unspecified atom stereocenters. The third-order valence-corrected chi connectivity index (χ3v) is 6.48. The van der Waals surface area contributed by atoms with Crippen LogP contribution in [0.1, 0.15) is 34.0 Å². The lowest BCUT2D eigenvalue weighted by Gasteiger charge is -2.28. The van der Waals surface area contributed by atoms with E-state index in [2.05, 4.69) is 65.6 Å². The van der Waals surface area contributed by atoms with E-state index in [0.29, 0.717) is 12.3 Å². The molecule has 5 nitrogen and oxygen atoms in total. The average molecular weight is 441 g/mol. The molecule has 0 N–H and O–H groups in total. The minimum absolute atomic E-state index is 0.0606. The number of aromatic nitrogens is 4. The van der Waals surface area contributed by atoms with E-state index in [-0.39, 0.29) is 5.92 Å². The lowest BCUT2D eigenvalue weighted by Crippen LogP contribution is -2.15. The van der Waals surface area contributed by atoms with Gasteiger partial charge in [-0.15, -0.1) is 5.10 Å². The number of hydrogen-bond donors (Lipinski definition) is 0. The van der Waals surface area contributed by atoms with Crippen molar-refractivity contribution in [1.29, 1.82) is 0 Å². The van der Waals surface area contributed by atoms with Crippen LogP contribution in [0.4, 0.5) is 0 Å². The SMILES string of the molecule is c1ccc(Cc2nc3c4c(ncn3n2)Oc2c(ccc3ccccc23)C4c2ccccc2)cc1. The first-order chi connectivity index (χ1) is 16.8. The van der Waals surface area contributed by atoms with Gasteiger partial charge in [0.25, 0.3) is 0 Å². The number of hydrogen-bond acceptors (Lipinski definition) is 4. The van der Waals surface area contributed by atoms with Crippen LogP contribution >= 0.6 is 0 Å². The van der Waals surface area contributed by atoms with Gasteiger partial charge < -0.3 is 4.74 Å². The molecule has 0 aliphatic carbocycles. The van der Waals surface area contributed by atoms with E-state index in [1.165, 1.54) is 11.1 Å². The van der Waals surface area contributed by atoms with Crippen molar-refractivity contribution >= 4 is 16.4 Å². The molecule has 0 amide bonds. The van der Waals surface area contributed by atoms with Crippen molar-refractivity contribution in [2.24, 2.45) is 0 Å². The summed E-state index contributed by atoms with van der Waals surface area (Å²) in [6, 6.07) is 33.4. The maximum Gasteiger partial charge on any atom is 0.228 e. The van der Waals surface area contributed by atoms with Crippen LogP contribution in [0.5, 0.6) is 11.6 Å². The second-order valence-corrected chi connectivity index (χ2v) is 8.57. The molecule has 162 valence electrons. The maximum atomic E-state index is 6.49. The Morgan fingerprint density at radius 1 is 0.794 bits per heavy atom. The van der Waals surface area contributed by atoms with Crippen molar-refractivity contribution < 1.29 is 4.74 Å². The first kappa shape index (κ1) is 19.0. The summed E-state index contributed by atoms with van der Waals surface area (Å²) in [5.74, 6) is 2.15. The van der Waals surface area contributed by atoms with Crippen molar-refractivity contribution in [3.8, 4) is 11.6 Å². The van der Waals surface area contributed by atoms with E-state index in [4.69, 9.17) is 14.8 Å². The summed E-state index contributed by atoms with van der Waals surface area (Å²) < 4.78 is 8.27. The van der Waals surface area contributed by atoms with Gasteiger partial charge in [-0.25, -0.2) is 14.5 Å². The lowest BCUT2D eigenvalue weighted by molar-refractivity contribution is 0.437. The molecule has 0 saturated heterocycles. The summed E-state index contributed by atoms with van der Waals surface area (Å²) in [7, 11) is 0. The Hall–Kier alpha value is -4.51. The van der Waals surface area contributed by atoms with Crippen molar-refractivity contribution in [2.45, 2.75) is 12.3 Å². The first-order valence-electron chi connectivity index (χ1n) is 11.4. The summed E-state index contributed by atoms with van der Waals surface area (Å²) in [4.78, 5) is 9.65. The first-order valence-corrected chi connectivity index (χ1v) is 11.4. The van der Waals surface area contributed by atoms with Crippen LogP contribution in [-0.4, -0.2) is 19.6 Å². The summed E-state index contributed by atoms with van der Waals surface area (Å²) >= 11 is 0. The summed E-state index contributed by atoms with van der Waals surface area (Å²) in [5.41, 5.74) is 5.19. The third kappa shape index (κ3) is 2.98. The van der Waals surface area contributed by atoms with Gasteiger partial charge in [-0.05, 0) is 16.5 Å². The van der Waals surface area contributed by atoms with Crippen molar-refractivity contribution in [3.63, 3.8) is 0 Å². The third-order valence-electron chi connectivity index (χ3n) is 6.48. The topological polar surface area (TPSA) is 52.3 Å². The standard InChI is InChI=1S/C29H20N4O/c1-3-9-19(10-4-1)17-24-31-28-26-25(21-12-5-2-6-13-21)23-16-15-20-11-7-8-14-22(20)27(23)34-29(26)30-18-33(28)32-24/h1-16,18,25H,17H2. The zero-order chi connectivity index (χ0) is 22.5. The van der Waals surface area contributed by atoms with Crippen LogP contribution in [0, 0.1) is 0 Å². The molecule has 7 rings (SSSR count). The molecule has 1 atom stereocenters. The Balaban J connectivity index is 1.46. The van der Waals surface area contributed by atoms with Crippen LogP contribution in [0.25, 0.3) is 16.4 Å². The molecule has 1 aliphatic rings. The van der Waals surface area contributed by atoms with E-state index in [1.807, 2.05) is 36.4 Å². The number of nitrogens with zero attached hydrogens (tertiary/aromatic N) is 4. The number of benzene rings is 4. The molecule has 3 heterocycles. The van der Waals surface area contributed by atoms with Gasteiger partial charge in [0.2, 0.25) is 5.88 Å². The van der Waals surface area contributed by atoms with Gasteiger partial charge in [0.15, 0.2) is 11.5 Å². The lowest BCUT2D eigenvalue weighted by atomic mass is 9.83. The Bertz CT molecular complexity index is 1660. The molecule has 34 heavy (non-hydrogen) atoms. The predicted molar refractivity (Wildman–Crippen MR) is 131 cm³/mol. The van der Waals surface area contributed by atoms with Crippen molar-refractivity contribution in [1.82, 2.24) is 19.6 Å². The Kier molecular flexibility index (Phi) is 4.21. The molecular weight excluding hydrogens is 420 g/mol. The normalized spacial score (nSPS) is 14.5. The predicted octanol–water partition coefficient (Wildman–Crippen LogP) is 6.15. The van der Waals surface area contributed by atoms with E-state index >= 15 is 0 Å². The molecule has 2 aromatic heterocycles. The number of rotatable bonds is 3. The highest BCUT2D eigenvalue weighted by Crippen LogP contribution is 2.50. The van der Waals surface area contributed by atoms with Crippen LogP contribution in [0.2, 0.25) is 0 Å². The maximum absolute atomic E-state index is 6.49. The van der Waals surface area contributed by atoms with Crippen LogP contribution in [0.3, 0.4) is 0 Å². The average Bonchev–Trinajstić information content (AvgIpc) is 3.31. The van der Waals surface area contributed by atoms with Crippen LogP contribution < -0.4 is 4.74 Å². The van der Waals surface area contributed by atoms with E-state index in [1.54, 1.807) is 10.8 Å². The molecule has 0 bridgehead atoms. The summed E-state index contributed by atoms with van der Waals surface area (Å²) in [6.45, 7) is 0. The number of fused-ring (bicyclic) bond motifs is 6. The summed E-state index contributed by atoms with van der Waals surface area (Å²) in [5, 5.41) is 6.96. The van der Waals surface area contributed by atoms with Gasteiger partial charge in [-0.3, -0.25) is 0 Å². The van der Waals surface area contributed by atoms with Gasteiger partial charge in [0.05, 0.1) is 5.56 Å². The minimum Gasteiger partial charge on any atom is -0.438 e. The Morgan fingerprint density at radius 2 is 1.56 bits per heavy atom. The minimum atomic E-state index is -0.0606. The molecule has 4 aromatic carbocycles. The smallest absolute Gasteiger partial charge is 0.228 e. The van der Waals surface area contributed by atoms with Gasteiger partial charge in [-0.2, -0.15) is 0 Å². The fourth-order valence-corrected chi connectivity index (χ4v) is 4.94. The van der Waals surface area contributed by atoms with E-state index < -0.39 is 0 Å². The monoisotopic (exact) mass is 440 g/mol. The van der Waals surface area contributed by atoms with Crippen molar-refractivity contribution in [2.75, 3.05) is 0 Å². The molecule has 6 aromatic rings. The highest BCUT2D eigenvalue weighted by atomic mass is 16.5. The van der Waals surface area contributed by atoms with Gasteiger partial charge in [0, 0.05) is 23.3 Å². The zero-order valence-corrected chi connectivity index (χ0v) is 18.3. The molecule has 0 saturated carbocycles. The Morgan fingerprint density at radius 3 is 2.41 bits per heavy atom. The highest BCUT2D eigenvalue weighted by molar-refractivity contribution is 5.91. The quantitative estimate of drug-likeness (QED) is 0.330. The fraction of sp³-hybridized carbons (Fsp3) is 0.0690. The molecule has 5 heteroatoms. The highest BCUT2D eigenvalue weighted by Gasteiger charge is 2.34. The van der Waals surface area contributed by atoms with Gasteiger partial charge >= 0.3 is 0 Å². The molecular formula is C29H20N4O. The molecule has 0 fully saturated rings. The fourth-order valence-electron chi connectivity index (χ4n) is 4.94. The second-order valence-electron chi connectivity index (χ2n) is 8.57. The van der Waals surface area contributed by atoms with Gasteiger partial charge in [0.1, 0.15) is 12.1 Å². The number of ether oxygens (including phenoxy) is 1. The van der Waals surface area contributed by atoms with E-state index in [9.17, 15) is 0 Å². The molecule has 0 spiro atoms. The van der Waals surface area contributed by atoms with Gasteiger partial charge in [-0.1, -0.05) is 97.1 Å². The van der Waals surface area contributed by atoms with Crippen LogP contribution in [0.15, 0.2) is 103 Å². The molecule has 1 aliphatic heterocycles. The summed E-state index contributed by atoms with van der Waals surface area (Å²) in [6.07, 6.45) is 2.36. The molecule has 0 radical (unpaired) electrons. The van der Waals surface area contributed by atoms with Crippen LogP contribution in [-0.2, 0) is 6.42 Å². The second kappa shape index (κ2) is 7.52. The van der Waals surface area contributed by atoms with Crippen molar-refractivity contribution in [3.05, 3.63) is 131 Å². The largest absolute Gasteiger partial charge is 0.438 e. The van der Waals surface area contributed by atoms with E-state index in [0.717, 1.165) is 39.1 Å².